The quantitative estimate of drug-likeness (QED) is 0.882. The van der Waals surface area contributed by atoms with Gasteiger partial charge in [-0.25, -0.2) is 0 Å². The van der Waals surface area contributed by atoms with E-state index in [4.69, 9.17) is 0 Å². The number of nitrogens with zero attached hydrogens (tertiary/aromatic N) is 3. The Hall–Kier alpha value is -0.920. The lowest BCUT2D eigenvalue weighted by molar-refractivity contribution is 0.463. The van der Waals surface area contributed by atoms with Crippen LogP contribution in [0.4, 0.5) is 0 Å². The first-order chi connectivity index (χ1) is 9.17. The second-order valence-corrected chi connectivity index (χ2v) is 6.98. The second-order valence-electron chi connectivity index (χ2n) is 5.23. The van der Waals surface area contributed by atoms with E-state index >= 15 is 0 Å². The zero-order valence-electron chi connectivity index (χ0n) is 11.0. The van der Waals surface area contributed by atoms with Gasteiger partial charge >= 0.3 is 0 Å². The van der Waals surface area contributed by atoms with Gasteiger partial charge in [-0.3, -0.25) is 4.68 Å². The Bertz CT molecular complexity index is 546. The van der Waals surface area contributed by atoms with E-state index in [9.17, 15) is 8.42 Å². The van der Waals surface area contributed by atoms with Crippen LogP contribution in [0.5, 0.6) is 0 Å². The van der Waals surface area contributed by atoms with Crippen molar-refractivity contribution in [3.8, 4) is 0 Å². The monoisotopic (exact) mass is 284 g/mol. The average molecular weight is 284 g/mol. The Balaban J connectivity index is 1.67. The van der Waals surface area contributed by atoms with Crippen LogP contribution in [0.1, 0.15) is 36.9 Å². The van der Waals surface area contributed by atoms with Gasteiger partial charge in [0, 0.05) is 37.4 Å². The Morgan fingerprint density at radius 3 is 2.68 bits per heavy atom. The number of aromatic nitrogens is 2. The van der Waals surface area contributed by atoms with Crippen LogP contribution < -0.4 is 4.72 Å². The fraction of sp³-hybridized carbons (Fsp3) is 0.750. The molecular formula is C12H20N4O2S. The number of aryl methyl sites for hydroxylation is 1. The molecule has 0 saturated carbocycles. The van der Waals surface area contributed by atoms with Crippen LogP contribution in [0.15, 0.2) is 6.20 Å². The van der Waals surface area contributed by atoms with Crippen molar-refractivity contribution >= 4 is 10.2 Å². The van der Waals surface area contributed by atoms with E-state index in [1.165, 1.54) is 10.00 Å². The maximum Gasteiger partial charge on any atom is 0.279 e. The average Bonchev–Trinajstić information content (AvgIpc) is 3.07. The summed E-state index contributed by atoms with van der Waals surface area (Å²) in [5.41, 5.74) is 2.21. The molecule has 0 bridgehead atoms. The number of hydrogen-bond acceptors (Lipinski definition) is 3. The second kappa shape index (κ2) is 5.22. The van der Waals surface area contributed by atoms with E-state index in [2.05, 4.69) is 9.82 Å². The molecule has 6 nitrogen and oxygen atoms in total. The molecule has 2 aliphatic rings. The number of hydrogen-bond donors (Lipinski definition) is 1. The highest BCUT2D eigenvalue weighted by Gasteiger charge is 2.25. The molecule has 1 aromatic heterocycles. The summed E-state index contributed by atoms with van der Waals surface area (Å²) < 4.78 is 30.4. The van der Waals surface area contributed by atoms with Crippen molar-refractivity contribution in [3.63, 3.8) is 0 Å². The lowest BCUT2D eigenvalue weighted by Crippen LogP contribution is -2.38. The van der Waals surface area contributed by atoms with Crippen molar-refractivity contribution in [1.82, 2.24) is 18.8 Å². The number of rotatable bonds is 4. The van der Waals surface area contributed by atoms with E-state index < -0.39 is 10.2 Å². The fourth-order valence-electron chi connectivity index (χ4n) is 2.82. The van der Waals surface area contributed by atoms with Gasteiger partial charge in [-0.1, -0.05) is 0 Å². The molecule has 2 aliphatic heterocycles. The predicted molar refractivity (Wildman–Crippen MR) is 71.7 cm³/mol. The van der Waals surface area contributed by atoms with Crippen LogP contribution in [-0.4, -0.2) is 35.6 Å². The molecule has 1 N–H and O–H groups in total. The standard InChI is InChI=1S/C12H20N4O2S/c17-19(18,15-6-3-4-7-15)14-10-11-9-13-16-8-2-1-5-12(11)16/h9,14H,1-8,10H2. The van der Waals surface area contributed by atoms with Gasteiger partial charge in [-0.05, 0) is 32.1 Å². The Labute approximate surface area is 114 Å². The van der Waals surface area contributed by atoms with Crippen molar-refractivity contribution in [1.29, 1.82) is 0 Å². The van der Waals surface area contributed by atoms with E-state index in [0.717, 1.165) is 44.2 Å². The summed E-state index contributed by atoms with van der Waals surface area (Å²) in [6.07, 6.45) is 7.05. The smallest absolute Gasteiger partial charge is 0.269 e. The Morgan fingerprint density at radius 2 is 1.89 bits per heavy atom. The molecule has 1 aromatic rings. The zero-order chi connectivity index (χ0) is 13.3. The molecule has 7 heteroatoms. The molecule has 0 unspecified atom stereocenters. The molecule has 0 atom stereocenters. The molecule has 3 rings (SSSR count). The summed E-state index contributed by atoms with van der Waals surface area (Å²) in [7, 11) is -3.32. The van der Waals surface area contributed by atoms with Gasteiger partial charge in [-0.2, -0.15) is 22.5 Å². The fourth-order valence-corrected chi connectivity index (χ4v) is 4.08. The summed E-state index contributed by atoms with van der Waals surface area (Å²) >= 11 is 0. The van der Waals surface area contributed by atoms with Crippen molar-refractivity contribution in [3.05, 3.63) is 17.5 Å². The highest BCUT2D eigenvalue weighted by Crippen LogP contribution is 2.18. The molecule has 0 aliphatic carbocycles. The minimum atomic E-state index is -3.32. The third kappa shape index (κ3) is 2.68. The highest BCUT2D eigenvalue weighted by molar-refractivity contribution is 7.87. The molecule has 19 heavy (non-hydrogen) atoms. The molecule has 0 radical (unpaired) electrons. The van der Waals surface area contributed by atoms with Gasteiger partial charge < -0.3 is 0 Å². The van der Waals surface area contributed by atoms with Crippen LogP contribution in [0.3, 0.4) is 0 Å². The molecule has 0 spiro atoms. The van der Waals surface area contributed by atoms with Gasteiger partial charge in [0.25, 0.3) is 10.2 Å². The summed E-state index contributed by atoms with van der Waals surface area (Å²) in [5, 5.41) is 4.32. The lowest BCUT2D eigenvalue weighted by Gasteiger charge is -2.17. The molecule has 1 saturated heterocycles. The minimum absolute atomic E-state index is 0.355. The van der Waals surface area contributed by atoms with Crippen LogP contribution in [0, 0.1) is 0 Å². The lowest BCUT2D eigenvalue weighted by atomic mass is 10.1. The molecule has 0 aromatic carbocycles. The van der Waals surface area contributed by atoms with Crippen molar-refractivity contribution in [2.24, 2.45) is 0 Å². The van der Waals surface area contributed by atoms with Crippen molar-refractivity contribution in [2.45, 2.75) is 45.2 Å². The van der Waals surface area contributed by atoms with Crippen LogP contribution in [0.2, 0.25) is 0 Å². The number of nitrogens with one attached hydrogen (secondary N) is 1. The third-order valence-electron chi connectivity index (χ3n) is 3.92. The predicted octanol–water partition coefficient (Wildman–Crippen LogP) is 0.650. The van der Waals surface area contributed by atoms with E-state index in [0.29, 0.717) is 19.6 Å². The molecular weight excluding hydrogens is 264 g/mol. The van der Waals surface area contributed by atoms with E-state index in [1.54, 1.807) is 6.20 Å². The summed E-state index contributed by atoms with van der Waals surface area (Å²) in [5.74, 6) is 0. The summed E-state index contributed by atoms with van der Waals surface area (Å²) in [4.78, 5) is 0. The van der Waals surface area contributed by atoms with Gasteiger partial charge in [-0.15, -0.1) is 0 Å². The normalized spacial score (nSPS) is 20.6. The van der Waals surface area contributed by atoms with Gasteiger partial charge in [0.1, 0.15) is 0 Å². The first-order valence-corrected chi connectivity index (χ1v) is 8.39. The Morgan fingerprint density at radius 1 is 1.16 bits per heavy atom. The van der Waals surface area contributed by atoms with Crippen LogP contribution >= 0.6 is 0 Å². The largest absolute Gasteiger partial charge is 0.279 e. The van der Waals surface area contributed by atoms with Crippen LogP contribution in [0.25, 0.3) is 0 Å². The maximum absolute atomic E-state index is 12.1. The highest BCUT2D eigenvalue weighted by atomic mass is 32.2. The summed E-state index contributed by atoms with van der Waals surface area (Å²) in [6.45, 7) is 2.59. The molecule has 106 valence electrons. The van der Waals surface area contributed by atoms with E-state index in [-0.39, 0.29) is 0 Å². The molecule has 1 fully saturated rings. The van der Waals surface area contributed by atoms with Gasteiger partial charge in [0.05, 0.1) is 6.20 Å². The Kier molecular flexibility index (Phi) is 3.60. The SMILES string of the molecule is O=S(=O)(NCc1cnn2c1CCCC2)N1CCCC1. The van der Waals surface area contributed by atoms with Crippen molar-refractivity contribution in [2.75, 3.05) is 13.1 Å². The number of fused-ring (bicyclic) bond motifs is 1. The topological polar surface area (TPSA) is 67.2 Å². The maximum atomic E-state index is 12.1. The first-order valence-electron chi connectivity index (χ1n) is 6.95. The van der Waals surface area contributed by atoms with E-state index in [1.807, 2.05) is 4.68 Å². The molecule has 0 amide bonds. The minimum Gasteiger partial charge on any atom is -0.269 e. The van der Waals surface area contributed by atoms with Crippen molar-refractivity contribution < 1.29 is 8.42 Å². The van der Waals surface area contributed by atoms with Gasteiger partial charge in [0.15, 0.2) is 0 Å². The van der Waals surface area contributed by atoms with Gasteiger partial charge in [0.2, 0.25) is 0 Å². The third-order valence-corrected chi connectivity index (χ3v) is 5.47. The first kappa shape index (κ1) is 13.1. The van der Waals surface area contributed by atoms with Crippen LogP contribution in [-0.2, 0) is 29.7 Å². The summed E-state index contributed by atoms with van der Waals surface area (Å²) in [6, 6.07) is 0. The molecule has 3 heterocycles. The zero-order valence-corrected chi connectivity index (χ0v) is 11.8.